The topological polar surface area (TPSA) is 58.2 Å². The normalized spacial score (nSPS) is 28.5. The summed E-state index contributed by atoms with van der Waals surface area (Å²) in [6.45, 7) is 1.94. The third-order valence-electron chi connectivity index (χ3n) is 3.83. The molecule has 2 rings (SSSR count). The van der Waals surface area contributed by atoms with Crippen LogP contribution in [0.2, 0.25) is 0 Å². The Hall–Kier alpha value is -1.32. The van der Waals surface area contributed by atoms with Crippen molar-refractivity contribution < 1.29 is 9.59 Å². The highest BCUT2D eigenvalue weighted by atomic mass is 16.2. The zero-order chi connectivity index (χ0) is 13.0. The van der Waals surface area contributed by atoms with Crippen LogP contribution in [0.3, 0.4) is 0 Å². The number of carbonyl (C=O) groups is 2. The lowest BCUT2D eigenvalue weighted by molar-refractivity contribution is -0.125. The number of rotatable bonds is 2. The molecule has 0 spiro atoms. The second-order valence-electron chi connectivity index (χ2n) is 5.37. The van der Waals surface area contributed by atoms with Gasteiger partial charge in [-0.3, -0.25) is 9.59 Å². The van der Waals surface area contributed by atoms with Gasteiger partial charge in [0.25, 0.3) is 0 Å². The van der Waals surface area contributed by atoms with Gasteiger partial charge in [0.1, 0.15) is 0 Å². The average molecular weight is 250 g/mol. The second kappa shape index (κ2) is 6.03. The standard InChI is InChI=1S/C14H22N2O2/c1-10-12(7-8-13(17)15-10)16-14(18)9-11-5-3-2-4-6-11/h9-10,12H,2-8H2,1H3,(H,15,17)(H,16,18). The lowest BCUT2D eigenvalue weighted by Crippen LogP contribution is -2.53. The maximum Gasteiger partial charge on any atom is 0.244 e. The maximum atomic E-state index is 11.9. The van der Waals surface area contributed by atoms with Crippen LogP contribution < -0.4 is 10.6 Å². The van der Waals surface area contributed by atoms with Crippen molar-refractivity contribution in [2.75, 3.05) is 0 Å². The Kier molecular flexibility index (Phi) is 4.39. The van der Waals surface area contributed by atoms with Gasteiger partial charge in [0.15, 0.2) is 0 Å². The molecule has 1 aliphatic carbocycles. The molecule has 2 N–H and O–H groups in total. The SMILES string of the molecule is CC1NC(=O)CCC1NC(=O)C=C1CCCCC1. The molecule has 1 heterocycles. The van der Waals surface area contributed by atoms with E-state index in [9.17, 15) is 9.59 Å². The fourth-order valence-corrected chi connectivity index (χ4v) is 2.72. The van der Waals surface area contributed by atoms with Gasteiger partial charge < -0.3 is 10.6 Å². The Bertz CT molecular complexity index is 355. The molecule has 2 unspecified atom stereocenters. The number of hydrogen-bond acceptors (Lipinski definition) is 2. The fourth-order valence-electron chi connectivity index (χ4n) is 2.72. The molecule has 2 atom stereocenters. The fraction of sp³-hybridized carbons (Fsp3) is 0.714. The summed E-state index contributed by atoms with van der Waals surface area (Å²) in [4.78, 5) is 23.1. The van der Waals surface area contributed by atoms with E-state index >= 15 is 0 Å². The van der Waals surface area contributed by atoms with Crippen LogP contribution in [-0.4, -0.2) is 23.9 Å². The lowest BCUT2D eigenvalue weighted by atomic mass is 9.94. The van der Waals surface area contributed by atoms with Crippen molar-refractivity contribution >= 4 is 11.8 Å². The number of amides is 2. The van der Waals surface area contributed by atoms with Crippen LogP contribution >= 0.6 is 0 Å². The van der Waals surface area contributed by atoms with Gasteiger partial charge in [-0.05, 0) is 39.0 Å². The van der Waals surface area contributed by atoms with E-state index in [1.807, 2.05) is 6.92 Å². The van der Waals surface area contributed by atoms with Crippen LogP contribution in [0.1, 0.15) is 51.9 Å². The first-order valence-corrected chi connectivity index (χ1v) is 6.94. The predicted octanol–water partition coefficient (Wildman–Crippen LogP) is 1.66. The van der Waals surface area contributed by atoms with E-state index in [1.54, 1.807) is 6.08 Å². The molecular weight excluding hydrogens is 228 g/mol. The average Bonchev–Trinajstić information content (AvgIpc) is 2.34. The second-order valence-corrected chi connectivity index (χ2v) is 5.37. The summed E-state index contributed by atoms with van der Waals surface area (Å²) in [7, 11) is 0. The van der Waals surface area contributed by atoms with Crippen LogP contribution in [0.25, 0.3) is 0 Å². The minimum atomic E-state index is -0.0000935. The molecule has 0 aromatic rings. The van der Waals surface area contributed by atoms with Gasteiger partial charge in [-0.25, -0.2) is 0 Å². The summed E-state index contributed by atoms with van der Waals surface area (Å²) in [5, 5.41) is 5.87. The lowest BCUT2D eigenvalue weighted by Gasteiger charge is -2.30. The molecule has 0 bridgehead atoms. The minimum Gasteiger partial charge on any atom is -0.352 e. The number of allylic oxidation sites excluding steroid dienone is 1. The predicted molar refractivity (Wildman–Crippen MR) is 69.9 cm³/mol. The van der Waals surface area contributed by atoms with E-state index in [2.05, 4.69) is 10.6 Å². The Morgan fingerprint density at radius 1 is 1.28 bits per heavy atom. The quantitative estimate of drug-likeness (QED) is 0.732. The van der Waals surface area contributed by atoms with E-state index in [4.69, 9.17) is 0 Å². The smallest absolute Gasteiger partial charge is 0.244 e. The molecule has 18 heavy (non-hydrogen) atoms. The summed E-state index contributed by atoms with van der Waals surface area (Å²) in [5.74, 6) is 0.0820. The zero-order valence-electron chi connectivity index (χ0n) is 11.0. The van der Waals surface area contributed by atoms with Crippen molar-refractivity contribution in [1.29, 1.82) is 0 Å². The summed E-state index contributed by atoms with van der Waals surface area (Å²) in [5.41, 5.74) is 1.27. The van der Waals surface area contributed by atoms with Crippen molar-refractivity contribution in [3.05, 3.63) is 11.6 Å². The van der Waals surface area contributed by atoms with Crippen molar-refractivity contribution in [3.63, 3.8) is 0 Å². The molecule has 1 saturated heterocycles. The minimum absolute atomic E-state index is 0.0000935. The van der Waals surface area contributed by atoms with Gasteiger partial charge in [0, 0.05) is 24.6 Å². The van der Waals surface area contributed by atoms with Crippen molar-refractivity contribution in [3.8, 4) is 0 Å². The van der Waals surface area contributed by atoms with Gasteiger partial charge in [-0.15, -0.1) is 0 Å². The molecule has 100 valence electrons. The first-order chi connectivity index (χ1) is 8.65. The third kappa shape index (κ3) is 3.59. The summed E-state index contributed by atoms with van der Waals surface area (Å²) in [6, 6.07) is 0.0931. The summed E-state index contributed by atoms with van der Waals surface area (Å²) >= 11 is 0. The summed E-state index contributed by atoms with van der Waals surface area (Å²) < 4.78 is 0. The maximum absolute atomic E-state index is 11.9. The molecule has 4 heteroatoms. The van der Waals surface area contributed by atoms with Crippen LogP contribution in [-0.2, 0) is 9.59 Å². The van der Waals surface area contributed by atoms with E-state index < -0.39 is 0 Å². The monoisotopic (exact) mass is 250 g/mol. The number of nitrogens with one attached hydrogen (secondary N) is 2. The van der Waals surface area contributed by atoms with Crippen LogP contribution in [0, 0.1) is 0 Å². The molecule has 2 amide bonds. The van der Waals surface area contributed by atoms with Gasteiger partial charge in [-0.2, -0.15) is 0 Å². The first kappa shape index (κ1) is 13.1. The largest absolute Gasteiger partial charge is 0.352 e. The molecule has 0 radical (unpaired) electrons. The summed E-state index contributed by atoms with van der Waals surface area (Å²) in [6.07, 6.45) is 8.82. The number of carbonyl (C=O) groups excluding carboxylic acids is 2. The Morgan fingerprint density at radius 2 is 2.00 bits per heavy atom. The highest BCUT2D eigenvalue weighted by Gasteiger charge is 2.25. The van der Waals surface area contributed by atoms with E-state index in [0.29, 0.717) is 6.42 Å². The van der Waals surface area contributed by atoms with Crippen molar-refractivity contribution in [1.82, 2.24) is 10.6 Å². The molecule has 2 aliphatic rings. The highest BCUT2D eigenvalue weighted by Crippen LogP contribution is 2.22. The van der Waals surface area contributed by atoms with Gasteiger partial charge in [-0.1, -0.05) is 12.0 Å². The van der Waals surface area contributed by atoms with E-state index in [0.717, 1.165) is 19.3 Å². The number of hydrogen-bond donors (Lipinski definition) is 2. The highest BCUT2D eigenvalue weighted by molar-refractivity contribution is 5.88. The molecule has 0 aromatic carbocycles. The van der Waals surface area contributed by atoms with Crippen molar-refractivity contribution in [2.24, 2.45) is 0 Å². The number of piperidine rings is 1. The van der Waals surface area contributed by atoms with Crippen LogP contribution in [0.15, 0.2) is 11.6 Å². The molecule has 1 saturated carbocycles. The molecule has 2 fully saturated rings. The molecule has 0 aromatic heterocycles. The molecule has 1 aliphatic heterocycles. The van der Waals surface area contributed by atoms with Crippen LogP contribution in [0.5, 0.6) is 0 Å². The third-order valence-corrected chi connectivity index (χ3v) is 3.83. The zero-order valence-corrected chi connectivity index (χ0v) is 11.0. The van der Waals surface area contributed by atoms with Crippen molar-refractivity contribution in [2.45, 2.75) is 64.0 Å². The van der Waals surface area contributed by atoms with Gasteiger partial charge >= 0.3 is 0 Å². The Morgan fingerprint density at radius 3 is 2.67 bits per heavy atom. The van der Waals surface area contributed by atoms with Gasteiger partial charge in [0.05, 0.1) is 0 Å². The van der Waals surface area contributed by atoms with Gasteiger partial charge in [0.2, 0.25) is 11.8 Å². The Labute approximate surface area is 108 Å². The Balaban J connectivity index is 1.85. The van der Waals surface area contributed by atoms with E-state index in [1.165, 1.54) is 24.8 Å². The molecular formula is C14H22N2O2. The van der Waals surface area contributed by atoms with E-state index in [-0.39, 0.29) is 23.9 Å². The van der Waals surface area contributed by atoms with Crippen LogP contribution in [0.4, 0.5) is 0 Å². The molecule has 4 nitrogen and oxygen atoms in total. The first-order valence-electron chi connectivity index (χ1n) is 6.94.